The van der Waals surface area contributed by atoms with E-state index in [1.165, 1.54) is 34.6 Å². The maximum Gasteiger partial charge on any atom is 0.262 e. The van der Waals surface area contributed by atoms with Crippen LogP contribution in [0.3, 0.4) is 0 Å². The van der Waals surface area contributed by atoms with Gasteiger partial charge in [-0.15, -0.1) is 11.3 Å². The van der Waals surface area contributed by atoms with Gasteiger partial charge in [0.1, 0.15) is 4.83 Å². The Hall–Kier alpha value is -2.65. The zero-order chi connectivity index (χ0) is 19.6. The fraction of sp³-hybridized carbons (Fsp3) is 0.222. The number of thiophene rings is 1. The summed E-state index contributed by atoms with van der Waals surface area (Å²) in [6.07, 6.45) is 0. The summed E-state index contributed by atoms with van der Waals surface area (Å²) < 4.78 is 1.47. The van der Waals surface area contributed by atoms with Gasteiger partial charge in [0.25, 0.3) is 5.56 Å². The maximum atomic E-state index is 12.4. The molecule has 0 bridgehead atoms. The van der Waals surface area contributed by atoms with E-state index in [-0.39, 0.29) is 23.1 Å². The molecular formula is C18H18N4O3S2. The number of benzene rings is 1. The van der Waals surface area contributed by atoms with Crippen LogP contribution in [-0.2, 0) is 16.6 Å². The van der Waals surface area contributed by atoms with E-state index in [4.69, 9.17) is 0 Å². The molecule has 0 aliphatic rings. The molecule has 140 valence electrons. The number of nitrogens with one attached hydrogen (secondary N) is 2. The topological polar surface area (TPSA) is 93.1 Å². The van der Waals surface area contributed by atoms with Gasteiger partial charge in [0.05, 0.1) is 11.1 Å². The first-order valence-corrected chi connectivity index (χ1v) is 9.91. The summed E-state index contributed by atoms with van der Waals surface area (Å²) in [5.74, 6) is -0.230. The molecule has 1 aromatic carbocycles. The third kappa shape index (κ3) is 4.55. The second-order valence-electron chi connectivity index (χ2n) is 5.93. The summed E-state index contributed by atoms with van der Waals surface area (Å²) in [6, 6.07) is 8.68. The van der Waals surface area contributed by atoms with E-state index in [1.807, 2.05) is 13.0 Å². The first-order valence-electron chi connectivity index (χ1n) is 8.11. The van der Waals surface area contributed by atoms with Gasteiger partial charge in [0.2, 0.25) is 11.8 Å². The van der Waals surface area contributed by atoms with E-state index in [9.17, 15) is 14.4 Å². The first kappa shape index (κ1) is 19.1. The molecule has 2 N–H and O–H groups in total. The average molecular weight is 403 g/mol. The highest BCUT2D eigenvalue weighted by molar-refractivity contribution is 7.99. The molecule has 0 radical (unpaired) electrons. The number of carbonyl (C=O) groups is 2. The second-order valence-corrected chi connectivity index (χ2v) is 8.11. The molecule has 27 heavy (non-hydrogen) atoms. The van der Waals surface area contributed by atoms with Gasteiger partial charge in [-0.3, -0.25) is 19.0 Å². The van der Waals surface area contributed by atoms with Crippen LogP contribution in [0, 0.1) is 6.92 Å². The smallest absolute Gasteiger partial charge is 0.262 e. The minimum Gasteiger partial charge on any atom is -0.326 e. The summed E-state index contributed by atoms with van der Waals surface area (Å²) in [5, 5.41) is 6.56. The zero-order valence-electron chi connectivity index (χ0n) is 15.0. The van der Waals surface area contributed by atoms with Crippen LogP contribution in [-0.4, -0.2) is 27.1 Å². The molecule has 2 aromatic heterocycles. The van der Waals surface area contributed by atoms with Crippen molar-refractivity contribution in [1.82, 2.24) is 9.55 Å². The molecule has 0 unspecified atom stereocenters. The quantitative estimate of drug-likeness (QED) is 0.506. The van der Waals surface area contributed by atoms with E-state index in [0.29, 0.717) is 26.7 Å². The molecule has 0 aliphatic carbocycles. The number of hydrogen-bond acceptors (Lipinski definition) is 6. The lowest BCUT2D eigenvalue weighted by atomic mass is 10.3. The van der Waals surface area contributed by atoms with Crippen LogP contribution < -0.4 is 16.2 Å². The fourth-order valence-electron chi connectivity index (χ4n) is 2.46. The van der Waals surface area contributed by atoms with Crippen LogP contribution >= 0.6 is 23.1 Å². The average Bonchev–Trinajstić information content (AvgIpc) is 2.99. The highest BCUT2D eigenvalue weighted by atomic mass is 32.2. The summed E-state index contributed by atoms with van der Waals surface area (Å²) in [5.41, 5.74) is 1.18. The molecule has 7 nitrogen and oxygen atoms in total. The van der Waals surface area contributed by atoms with Crippen molar-refractivity contribution in [2.75, 3.05) is 16.4 Å². The summed E-state index contributed by atoms with van der Waals surface area (Å²) in [7, 11) is 1.66. The number of nitrogens with zero attached hydrogens (tertiary/aromatic N) is 2. The van der Waals surface area contributed by atoms with Crippen molar-refractivity contribution in [3.8, 4) is 0 Å². The van der Waals surface area contributed by atoms with E-state index in [0.717, 1.165) is 4.88 Å². The van der Waals surface area contributed by atoms with Crippen molar-refractivity contribution in [2.45, 2.75) is 19.0 Å². The second kappa shape index (κ2) is 7.93. The summed E-state index contributed by atoms with van der Waals surface area (Å²) in [4.78, 5) is 41.8. The number of thioether (sulfide) groups is 1. The summed E-state index contributed by atoms with van der Waals surface area (Å²) >= 11 is 2.68. The van der Waals surface area contributed by atoms with Crippen molar-refractivity contribution in [3.63, 3.8) is 0 Å². The normalized spacial score (nSPS) is 10.8. The van der Waals surface area contributed by atoms with Gasteiger partial charge in [-0.2, -0.15) is 0 Å². The number of hydrogen-bond donors (Lipinski definition) is 2. The van der Waals surface area contributed by atoms with Crippen LogP contribution in [0.15, 0.2) is 40.3 Å². The number of carbonyl (C=O) groups excluding carboxylic acids is 2. The van der Waals surface area contributed by atoms with Crippen LogP contribution in [0.1, 0.15) is 11.8 Å². The molecule has 2 heterocycles. The van der Waals surface area contributed by atoms with Crippen LogP contribution in [0.4, 0.5) is 11.4 Å². The molecule has 0 aliphatic heterocycles. The lowest BCUT2D eigenvalue weighted by Gasteiger charge is -2.08. The van der Waals surface area contributed by atoms with Gasteiger partial charge < -0.3 is 10.6 Å². The Bertz CT molecular complexity index is 1070. The molecule has 0 saturated heterocycles. The van der Waals surface area contributed by atoms with Gasteiger partial charge >= 0.3 is 0 Å². The predicted molar refractivity (Wildman–Crippen MR) is 110 cm³/mol. The van der Waals surface area contributed by atoms with Gasteiger partial charge in [-0.05, 0) is 37.3 Å². The fourth-order valence-corrected chi connectivity index (χ4v) is 4.16. The van der Waals surface area contributed by atoms with Gasteiger partial charge in [-0.25, -0.2) is 4.98 Å². The number of aromatic nitrogens is 2. The molecule has 2 amide bonds. The Morgan fingerprint density at radius 2 is 1.81 bits per heavy atom. The van der Waals surface area contributed by atoms with Crippen LogP contribution in [0.2, 0.25) is 0 Å². The SMILES string of the molecule is CC(=O)Nc1ccc(NC(=O)CSc2nc3sc(C)cc3c(=O)n2C)cc1. The lowest BCUT2D eigenvalue weighted by molar-refractivity contribution is -0.114. The van der Waals surface area contributed by atoms with Crippen molar-refractivity contribution in [1.29, 1.82) is 0 Å². The highest BCUT2D eigenvalue weighted by Gasteiger charge is 2.13. The molecule has 3 rings (SSSR count). The Morgan fingerprint density at radius 3 is 2.44 bits per heavy atom. The molecule has 3 aromatic rings. The minimum absolute atomic E-state index is 0.110. The number of fused-ring (bicyclic) bond motifs is 1. The third-order valence-corrected chi connectivity index (χ3v) is 5.65. The lowest BCUT2D eigenvalue weighted by Crippen LogP contribution is -2.20. The first-order chi connectivity index (χ1) is 12.8. The molecule has 0 spiro atoms. The standard InChI is InChI=1S/C18H18N4O3S2/c1-10-8-14-16(27-10)21-18(22(3)17(14)25)26-9-15(24)20-13-6-4-12(5-7-13)19-11(2)23/h4-8H,9H2,1-3H3,(H,19,23)(H,20,24). The Kier molecular flexibility index (Phi) is 5.62. The van der Waals surface area contributed by atoms with E-state index in [1.54, 1.807) is 31.3 Å². The van der Waals surface area contributed by atoms with Gasteiger partial charge in [-0.1, -0.05) is 11.8 Å². The van der Waals surface area contributed by atoms with Gasteiger partial charge in [0, 0.05) is 30.2 Å². The van der Waals surface area contributed by atoms with E-state index in [2.05, 4.69) is 15.6 Å². The Labute approximate surface area is 163 Å². The van der Waals surface area contributed by atoms with Crippen molar-refractivity contribution in [2.24, 2.45) is 7.05 Å². The molecular weight excluding hydrogens is 384 g/mol. The predicted octanol–water partition coefficient (Wildman–Crippen LogP) is 2.99. The van der Waals surface area contributed by atoms with Crippen LogP contribution in [0.5, 0.6) is 0 Å². The highest BCUT2D eigenvalue weighted by Crippen LogP contribution is 2.23. The number of anilines is 2. The van der Waals surface area contributed by atoms with Crippen molar-refractivity contribution in [3.05, 3.63) is 45.6 Å². The summed E-state index contributed by atoms with van der Waals surface area (Å²) in [6.45, 7) is 3.37. The van der Waals surface area contributed by atoms with E-state index >= 15 is 0 Å². The number of amides is 2. The Balaban J connectivity index is 1.65. The number of rotatable bonds is 5. The van der Waals surface area contributed by atoms with E-state index < -0.39 is 0 Å². The zero-order valence-corrected chi connectivity index (χ0v) is 16.7. The molecule has 9 heteroatoms. The maximum absolute atomic E-state index is 12.4. The number of aryl methyl sites for hydroxylation is 1. The van der Waals surface area contributed by atoms with Crippen molar-refractivity contribution >= 4 is 56.5 Å². The van der Waals surface area contributed by atoms with Gasteiger partial charge in [0.15, 0.2) is 5.16 Å². The third-order valence-electron chi connectivity index (χ3n) is 3.68. The van der Waals surface area contributed by atoms with Crippen LogP contribution in [0.25, 0.3) is 10.2 Å². The monoisotopic (exact) mass is 402 g/mol. The minimum atomic E-state index is -0.205. The van der Waals surface area contributed by atoms with Crippen molar-refractivity contribution < 1.29 is 9.59 Å². The largest absolute Gasteiger partial charge is 0.326 e. The molecule has 0 fully saturated rings. The Morgan fingerprint density at radius 1 is 1.19 bits per heavy atom. The molecule has 0 atom stereocenters. The molecule has 0 saturated carbocycles.